The van der Waals surface area contributed by atoms with Crippen molar-refractivity contribution in [3.05, 3.63) is 30.3 Å². The van der Waals surface area contributed by atoms with E-state index in [0.717, 1.165) is 5.69 Å². The van der Waals surface area contributed by atoms with Gasteiger partial charge in [0.2, 0.25) is 11.8 Å². The van der Waals surface area contributed by atoms with Crippen molar-refractivity contribution in [1.29, 1.82) is 0 Å². The van der Waals surface area contributed by atoms with Crippen LogP contribution in [0.1, 0.15) is 13.3 Å². The fourth-order valence-electron chi connectivity index (χ4n) is 2.52. The summed E-state index contributed by atoms with van der Waals surface area (Å²) in [6.07, 6.45) is 0.188. The van der Waals surface area contributed by atoms with Gasteiger partial charge >= 0.3 is 0 Å². The largest absolute Gasteiger partial charge is 0.386 e. The van der Waals surface area contributed by atoms with Gasteiger partial charge in [-0.05, 0) is 19.1 Å². The molecule has 2 unspecified atom stereocenters. The molecule has 22 heavy (non-hydrogen) atoms. The Morgan fingerprint density at radius 2 is 2.14 bits per heavy atom. The Bertz CT molecular complexity index is 530. The molecule has 1 aromatic carbocycles. The molecule has 1 saturated heterocycles. The molecule has 0 bridgehead atoms. The summed E-state index contributed by atoms with van der Waals surface area (Å²) in [4.78, 5) is 25.9. The molecule has 0 aliphatic carbocycles. The van der Waals surface area contributed by atoms with E-state index in [0.29, 0.717) is 6.54 Å². The SMILES string of the molecule is COCC(C)(O)CNC(=O)C1CC(=O)N(c2ccccc2)C1. The van der Waals surface area contributed by atoms with E-state index in [-0.39, 0.29) is 31.4 Å². The van der Waals surface area contributed by atoms with Crippen LogP contribution in [0, 0.1) is 5.92 Å². The number of methoxy groups -OCH3 is 1. The van der Waals surface area contributed by atoms with Gasteiger partial charge in [-0.15, -0.1) is 0 Å². The zero-order chi connectivity index (χ0) is 16.2. The normalized spacial score (nSPS) is 20.8. The molecule has 2 rings (SSSR count). The average molecular weight is 306 g/mol. The van der Waals surface area contributed by atoms with Crippen LogP contribution in [0.4, 0.5) is 5.69 Å². The third-order valence-electron chi connectivity index (χ3n) is 3.66. The van der Waals surface area contributed by atoms with Gasteiger partial charge in [0.05, 0.1) is 12.5 Å². The number of aliphatic hydroxyl groups is 1. The van der Waals surface area contributed by atoms with E-state index in [2.05, 4.69) is 5.32 Å². The van der Waals surface area contributed by atoms with E-state index in [1.807, 2.05) is 30.3 Å². The first-order valence-corrected chi connectivity index (χ1v) is 7.27. The second kappa shape index (κ2) is 6.89. The Morgan fingerprint density at radius 1 is 1.45 bits per heavy atom. The molecule has 1 fully saturated rings. The molecule has 1 heterocycles. The fourth-order valence-corrected chi connectivity index (χ4v) is 2.52. The molecule has 1 aromatic rings. The third-order valence-corrected chi connectivity index (χ3v) is 3.66. The van der Waals surface area contributed by atoms with Gasteiger partial charge < -0.3 is 20.1 Å². The maximum Gasteiger partial charge on any atom is 0.227 e. The molecule has 6 nitrogen and oxygen atoms in total. The monoisotopic (exact) mass is 306 g/mol. The van der Waals surface area contributed by atoms with Gasteiger partial charge in [0.25, 0.3) is 0 Å². The Hall–Kier alpha value is -1.92. The van der Waals surface area contributed by atoms with Gasteiger partial charge in [0.1, 0.15) is 5.60 Å². The van der Waals surface area contributed by atoms with Crippen molar-refractivity contribution < 1.29 is 19.4 Å². The van der Waals surface area contributed by atoms with Gasteiger partial charge in [-0.25, -0.2) is 0 Å². The van der Waals surface area contributed by atoms with Crippen LogP contribution in [-0.2, 0) is 14.3 Å². The minimum Gasteiger partial charge on any atom is -0.386 e. The smallest absolute Gasteiger partial charge is 0.227 e. The first-order chi connectivity index (χ1) is 10.4. The maximum absolute atomic E-state index is 12.2. The molecule has 2 atom stereocenters. The van der Waals surface area contributed by atoms with Crippen molar-refractivity contribution in [2.45, 2.75) is 18.9 Å². The minimum atomic E-state index is -1.12. The lowest BCUT2D eigenvalue weighted by Crippen LogP contribution is -2.45. The van der Waals surface area contributed by atoms with Gasteiger partial charge in [-0.2, -0.15) is 0 Å². The molecule has 2 N–H and O–H groups in total. The van der Waals surface area contributed by atoms with Crippen LogP contribution in [-0.4, -0.2) is 49.3 Å². The van der Waals surface area contributed by atoms with Crippen LogP contribution in [0.5, 0.6) is 0 Å². The van der Waals surface area contributed by atoms with Gasteiger partial charge in [-0.1, -0.05) is 18.2 Å². The number of nitrogens with zero attached hydrogens (tertiary/aromatic N) is 1. The Morgan fingerprint density at radius 3 is 2.77 bits per heavy atom. The Kier molecular flexibility index (Phi) is 5.15. The summed E-state index contributed by atoms with van der Waals surface area (Å²) in [7, 11) is 1.49. The predicted molar refractivity (Wildman–Crippen MR) is 82.4 cm³/mol. The number of hydrogen-bond donors (Lipinski definition) is 2. The lowest BCUT2D eigenvalue weighted by Gasteiger charge is -2.23. The number of carbonyl (C=O) groups excluding carboxylic acids is 2. The number of carbonyl (C=O) groups is 2. The summed E-state index contributed by atoms with van der Waals surface area (Å²) in [5.41, 5.74) is -0.319. The second-order valence-corrected chi connectivity index (χ2v) is 5.89. The highest BCUT2D eigenvalue weighted by Crippen LogP contribution is 2.24. The second-order valence-electron chi connectivity index (χ2n) is 5.89. The standard InChI is InChI=1S/C16H22N2O4/c1-16(21,11-22-2)10-17-15(20)12-8-14(19)18(9-12)13-6-4-3-5-7-13/h3-7,12,21H,8-11H2,1-2H3,(H,17,20). The number of ether oxygens (including phenoxy) is 1. The Labute approximate surface area is 130 Å². The maximum atomic E-state index is 12.2. The Balaban J connectivity index is 1.92. The highest BCUT2D eigenvalue weighted by molar-refractivity contribution is 6.00. The number of rotatable bonds is 6. The number of para-hydroxylation sites is 1. The summed E-state index contributed by atoms with van der Waals surface area (Å²) in [5.74, 6) is -0.677. The molecular weight excluding hydrogens is 284 g/mol. The van der Waals surface area contributed by atoms with E-state index in [1.54, 1.807) is 11.8 Å². The molecule has 0 spiro atoms. The summed E-state index contributed by atoms with van der Waals surface area (Å²) in [6, 6.07) is 9.30. The molecule has 0 saturated carbocycles. The predicted octanol–water partition coefficient (Wildman–Crippen LogP) is 0.553. The van der Waals surface area contributed by atoms with E-state index < -0.39 is 11.5 Å². The number of amides is 2. The quantitative estimate of drug-likeness (QED) is 0.804. The lowest BCUT2D eigenvalue weighted by atomic mass is 10.1. The highest BCUT2D eigenvalue weighted by atomic mass is 16.5. The molecule has 120 valence electrons. The van der Waals surface area contributed by atoms with E-state index in [4.69, 9.17) is 4.74 Å². The van der Waals surface area contributed by atoms with Crippen molar-refractivity contribution in [2.24, 2.45) is 5.92 Å². The number of hydrogen-bond acceptors (Lipinski definition) is 4. The summed E-state index contributed by atoms with van der Waals surface area (Å²) >= 11 is 0. The lowest BCUT2D eigenvalue weighted by molar-refractivity contribution is -0.127. The zero-order valence-corrected chi connectivity index (χ0v) is 12.9. The van der Waals surface area contributed by atoms with Crippen LogP contribution in [0.25, 0.3) is 0 Å². The minimum absolute atomic E-state index is 0.0602. The van der Waals surface area contributed by atoms with Crippen molar-refractivity contribution >= 4 is 17.5 Å². The number of nitrogens with one attached hydrogen (secondary N) is 1. The highest BCUT2D eigenvalue weighted by Gasteiger charge is 2.35. The van der Waals surface area contributed by atoms with Crippen LogP contribution in [0.15, 0.2) is 30.3 Å². The van der Waals surface area contributed by atoms with Crippen molar-refractivity contribution in [3.8, 4) is 0 Å². The van der Waals surface area contributed by atoms with E-state index in [9.17, 15) is 14.7 Å². The van der Waals surface area contributed by atoms with Crippen LogP contribution >= 0.6 is 0 Å². The third kappa shape index (κ3) is 4.05. The first-order valence-electron chi connectivity index (χ1n) is 7.27. The number of anilines is 1. The van der Waals surface area contributed by atoms with Gasteiger partial charge in [-0.3, -0.25) is 9.59 Å². The molecule has 1 aliphatic rings. The topological polar surface area (TPSA) is 78.9 Å². The molecule has 1 aliphatic heterocycles. The van der Waals surface area contributed by atoms with E-state index >= 15 is 0 Å². The number of benzene rings is 1. The van der Waals surface area contributed by atoms with Gasteiger partial charge in [0, 0.05) is 32.3 Å². The molecule has 0 radical (unpaired) electrons. The first kappa shape index (κ1) is 16.5. The summed E-state index contributed by atoms with van der Waals surface area (Å²) in [5, 5.41) is 12.7. The molecule has 0 aromatic heterocycles. The fraction of sp³-hybridized carbons (Fsp3) is 0.500. The van der Waals surface area contributed by atoms with Crippen LogP contribution < -0.4 is 10.2 Å². The molecule has 2 amide bonds. The van der Waals surface area contributed by atoms with Crippen molar-refractivity contribution in [2.75, 3.05) is 31.7 Å². The zero-order valence-electron chi connectivity index (χ0n) is 12.9. The van der Waals surface area contributed by atoms with Gasteiger partial charge in [0.15, 0.2) is 0 Å². The van der Waals surface area contributed by atoms with E-state index in [1.165, 1.54) is 7.11 Å². The molecule has 6 heteroatoms. The summed E-state index contributed by atoms with van der Waals surface area (Å²) in [6.45, 7) is 2.18. The van der Waals surface area contributed by atoms with Crippen molar-refractivity contribution in [1.82, 2.24) is 5.32 Å². The average Bonchev–Trinajstić information content (AvgIpc) is 2.88. The van der Waals surface area contributed by atoms with Crippen molar-refractivity contribution in [3.63, 3.8) is 0 Å². The molecular formula is C16H22N2O4. The van der Waals surface area contributed by atoms with Crippen LogP contribution in [0.3, 0.4) is 0 Å². The van der Waals surface area contributed by atoms with Crippen LogP contribution in [0.2, 0.25) is 0 Å². The summed E-state index contributed by atoms with van der Waals surface area (Å²) < 4.78 is 4.89.